The molecule has 0 spiro atoms. The van der Waals surface area contributed by atoms with Crippen LogP contribution in [0.1, 0.15) is 42.1 Å². The number of fused-ring (bicyclic) bond motifs is 1. The predicted molar refractivity (Wildman–Crippen MR) is 113 cm³/mol. The number of rotatable bonds is 4. The standard InChI is InChI=1S/C22H25FN4O5/c1-22(2)21-24-16(15(28)10-7-13-5-8-14(23)9-6-13)17(29)18(30)26(21)11-12-27(22)20(32)19(31)25(3)4/h5-6,8-9,29H,7,10-12H2,1-4H3. The maximum absolute atomic E-state index is 13.1. The van der Waals surface area contributed by atoms with E-state index in [1.807, 2.05) is 0 Å². The minimum absolute atomic E-state index is 0.0225. The number of carbonyl (C=O) groups excluding carboxylic acids is 3. The first-order valence-electron chi connectivity index (χ1n) is 10.1. The van der Waals surface area contributed by atoms with Crippen molar-refractivity contribution in [2.24, 2.45) is 0 Å². The van der Waals surface area contributed by atoms with Crippen LogP contribution >= 0.6 is 0 Å². The first kappa shape index (κ1) is 23.1. The molecule has 0 radical (unpaired) electrons. The zero-order valence-corrected chi connectivity index (χ0v) is 18.4. The van der Waals surface area contributed by atoms with Gasteiger partial charge in [0.05, 0.1) is 5.54 Å². The molecule has 2 heterocycles. The Kier molecular flexibility index (Phi) is 6.16. The predicted octanol–water partition coefficient (Wildman–Crippen LogP) is 1.07. The third-order valence-electron chi connectivity index (χ3n) is 5.57. The Hall–Kier alpha value is -3.56. The van der Waals surface area contributed by atoms with Crippen LogP contribution in [0.25, 0.3) is 0 Å². The van der Waals surface area contributed by atoms with Gasteiger partial charge < -0.3 is 14.9 Å². The molecule has 0 saturated carbocycles. The molecule has 0 unspecified atom stereocenters. The van der Waals surface area contributed by atoms with Crippen molar-refractivity contribution < 1.29 is 23.9 Å². The van der Waals surface area contributed by atoms with Gasteiger partial charge in [-0.2, -0.15) is 0 Å². The van der Waals surface area contributed by atoms with Crippen LogP contribution in [0.4, 0.5) is 4.39 Å². The van der Waals surface area contributed by atoms with Gasteiger partial charge in [0.25, 0.3) is 5.56 Å². The molecule has 0 saturated heterocycles. The van der Waals surface area contributed by atoms with Crippen molar-refractivity contribution in [1.29, 1.82) is 0 Å². The number of hydrogen-bond acceptors (Lipinski definition) is 6. The molecule has 0 aliphatic carbocycles. The lowest BCUT2D eigenvalue weighted by molar-refractivity contribution is -0.155. The molecule has 0 atom stereocenters. The zero-order valence-electron chi connectivity index (χ0n) is 18.4. The summed E-state index contributed by atoms with van der Waals surface area (Å²) in [5.41, 5.74) is -1.63. The van der Waals surface area contributed by atoms with E-state index in [1.165, 1.54) is 35.7 Å². The average molecular weight is 444 g/mol. The van der Waals surface area contributed by atoms with Crippen LogP contribution in [-0.2, 0) is 28.1 Å². The highest BCUT2D eigenvalue weighted by Gasteiger charge is 2.43. The summed E-state index contributed by atoms with van der Waals surface area (Å²) < 4.78 is 14.3. The molecule has 1 aliphatic heterocycles. The number of nitrogens with zero attached hydrogens (tertiary/aromatic N) is 4. The van der Waals surface area contributed by atoms with Crippen LogP contribution in [0.15, 0.2) is 29.1 Å². The molecule has 1 aromatic heterocycles. The Morgan fingerprint density at radius 1 is 1.16 bits per heavy atom. The smallest absolute Gasteiger partial charge is 0.312 e. The Bertz CT molecular complexity index is 1140. The Labute approximate surface area is 184 Å². The third-order valence-corrected chi connectivity index (χ3v) is 5.57. The number of ketones is 1. The van der Waals surface area contributed by atoms with E-state index < -0.39 is 40.3 Å². The van der Waals surface area contributed by atoms with Crippen molar-refractivity contribution in [3.8, 4) is 5.75 Å². The number of amides is 2. The van der Waals surface area contributed by atoms with Gasteiger partial charge in [-0.15, -0.1) is 0 Å². The molecule has 2 aromatic rings. The van der Waals surface area contributed by atoms with Crippen LogP contribution < -0.4 is 5.56 Å². The van der Waals surface area contributed by atoms with Crippen molar-refractivity contribution in [2.45, 2.75) is 38.8 Å². The van der Waals surface area contributed by atoms with Crippen LogP contribution in [0.5, 0.6) is 5.75 Å². The van der Waals surface area contributed by atoms with Crippen molar-refractivity contribution in [3.63, 3.8) is 0 Å². The van der Waals surface area contributed by atoms with E-state index in [1.54, 1.807) is 26.0 Å². The van der Waals surface area contributed by atoms with E-state index in [-0.39, 0.29) is 37.4 Å². The molecule has 0 bridgehead atoms. The molecular weight excluding hydrogens is 419 g/mol. The van der Waals surface area contributed by atoms with Gasteiger partial charge in [-0.1, -0.05) is 12.1 Å². The fraction of sp³-hybridized carbons (Fsp3) is 0.409. The maximum Gasteiger partial charge on any atom is 0.312 e. The Morgan fingerprint density at radius 2 is 1.78 bits per heavy atom. The number of halogens is 1. The molecular formula is C22H25FN4O5. The molecule has 0 fully saturated rings. The van der Waals surface area contributed by atoms with Gasteiger partial charge in [0.1, 0.15) is 11.6 Å². The molecule has 32 heavy (non-hydrogen) atoms. The van der Waals surface area contributed by atoms with Gasteiger partial charge in [-0.3, -0.25) is 23.7 Å². The van der Waals surface area contributed by atoms with Gasteiger partial charge in [0.2, 0.25) is 5.75 Å². The molecule has 170 valence electrons. The minimum Gasteiger partial charge on any atom is -0.501 e. The van der Waals surface area contributed by atoms with Crippen molar-refractivity contribution in [2.75, 3.05) is 20.6 Å². The quantitative estimate of drug-likeness (QED) is 0.558. The minimum atomic E-state index is -1.18. The highest BCUT2D eigenvalue weighted by atomic mass is 19.1. The van der Waals surface area contributed by atoms with Crippen LogP contribution in [0, 0.1) is 5.82 Å². The van der Waals surface area contributed by atoms with Crippen molar-refractivity contribution >= 4 is 17.6 Å². The lowest BCUT2D eigenvalue weighted by Gasteiger charge is -2.42. The zero-order chi connectivity index (χ0) is 23.8. The number of aryl methyl sites for hydroxylation is 1. The highest BCUT2D eigenvalue weighted by Crippen LogP contribution is 2.31. The second-order valence-electron chi connectivity index (χ2n) is 8.35. The SMILES string of the molecule is CN(C)C(=O)C(=O)N1CCn2c(nc(C(=O)CCc3ccc(F)cc3)c(O)c2=O)C1(C)C. The summed E-state index contributed by atoms with van der Waals surface area (Å²) >= 11 is 0. The molecule has 10 heteroatoms. The van der Waals surface area contributed by atoms with E-state index in [2.05, 4.69) is 4.98 Å². The fourth-order valence-corrected chi connectivity index (χ4v) is 3.70. The summed E-state index contributed by atoms with van der Waals surface area (Å²) in [7, 11) is 2.92. The summed E-state index contributed by atoms with van der Waals surface area (Å²) in [6, 6.07) is 5.66. The molecule has 1 N–H and O–H groups in total. The normalized spacial score (nSPS) is 14.6. The van der Waals surface area contributed by atoms with E-state index in [9.17, 15) is 28.7 Å². The summed E-state index contributed by atoms with van der Waals surface area (Å²) in [4.78, 5) is 57.2. The molecule has 2 amide bonds. The second kappa shape index (κ2) is 8.52. The number of aromatic nitrogens is 2. The van der Waals surface area contributed by atoms with E-state index in [0.717, 1.165) is 4.90 Å². The summed E-state index contributed by atoms with van der Waals surface area (Å²) in [6.45, 7) is 3.33. The Morgan fingerprint density at radius 3 is 2.38 bits per heavy atom. The van der Waals surface area contributed by atoms with Gasteiger partial charge in [0, 0.05) is 33.6 Å². The van der Waals surface area contributed by atoms with Gasteiger partial charge >= 0.3 is 11.8 Å². The highest BCUT2D eigenvalue weighted by molar-refractivity contribution is 6.34. The van der Waals surface area contributed by atoms with Crippen LogP contribution in [-0.4, -0.2) is 62.7 Å². The number of benzene rings is 1. The number of Topliss-reactive ketones (excluding diaryl/α,β-unsaturated/α-hetero) is 1. The third kappa shape index (κ3) is 4.12. The number of carbonyl (C=O) groups is 3. The molecule has 9 nitrogen and oxygen atoms in total. The molecule has 3 rings (SSSR count). The average Bonchev–Trinajstić information content (AvgIpc) is 2.74. The number of aromatic hydroxyl groups is 1. The lowest BCUT2D eigenvalue weighted by Crippen LogP contribution is -2.57. The van der Waals surface area contributed by atoms with Crippen molar-refractivity contribution in [1.82, 2.24) is 19.4 Å². The Balaban J connectivity index is 1.94. The lowest BCUT2D eigenvalue weighted by atomic mass is 9.97. The fourth-order valence-electron chi connectivity index (χ4n) is 3.70. The summed E-state index contributed by atoms with van der Waals surface area (Å²) in [5.74, 6) is -3.07. The summed E-state index contributed by atoms with van der Waals surface area (Å²) in [5, 5.41) is 10.4. The second-order valence-corrected chi connectivity index (χ2v) is 8.35. The van der Waals surface area contributed by atoms with Crippen LogP contribution in [0.3, 0.4) is 0 Å². The van der Waals surface area contributed by atoms with Gasteiger partial charge in [-0.05, 0) is 38.0 Å². The van der Waals surface area contributed by atoms with E-state index >= 15 is 0 Å². The largest absolute Gasteiger partial charge is 0.501 e. The first-order chi connectivity index (χ1) is 14.9. The monoisotopic (exact) mass is 444 g/mol. The topological polar surface area (TPSA) is 113 Å². The number of likely N-dealkylation sites (N-methyl/N-ethyl adjacent to an activating group) is 1. The summed E-state index contributed by atoms with van der Waals surface area (Å²) in [6.07, 6.45) is 0.210. The van der Waals surface area contributed by atoms with Crippen molar-refractivity contribution in [3.05, 3.63) is 57.5 Å². The van der Waals surface area contributed by atoms with E-state index in [4.69, 9.17) is 0 Å². The molecule has 1 aromatic carbocycles. The van der Waals surface area contributed by atoms with Crippen LogP contribution in [0.2, 0.25) is 0 Å². The number of hydrogen-bond donors (Lipinski definition) is 1. The van der Waals surface area contributed by atoms with E-state index in [0.29, 0.717) is 5.56 Å². The maximum atomic E-state index is 13.1. The molecule has 1 aliphatic rings. The van der Waals surface area contributed by atoms with Gasteiger partial charge in [0.15, 0.2) is 11.5 Å². The van der Waals surface area contributed by atoms with Gasteiger partial charge in [-0.25, -0.2) is 9.37 Å². The first-order valence-corrected chi connectivity index (χ1v) is 10.1.